The van der Waals surface area contributed by atoms with Crippen LogP contribution in [0.3, 0.4) is 0 Å². The second kappa shape index (κ2) is 6.54. The van der Waals surface area contributed by atoms with Gasteiger partial charge >= 0.3 is 5.97 Å². The molecule has 5 nitrogen and oxygen atoms in total. The molecule has 1 aliphatic heterocycles. The first-order valence-corrected chi connectivity index (χ1v) is 7.22. The van der Waals surface area contributed by atoms with Gasteiger partial charge in [-0.2, -0.15) is 5.10 Å². The van der Waals surface area contributed by atoms with Crippen LogP contribution in [0.4, 0.5) is 0 Å². The van der Waals surface area contributed by atoms with Crippen molar-refractivity contribution < 1.29 is 14.3 Å². The molecule has 0 bridgehead atoms. The molecular formula is C16H18N2O3. The fourth-order valence-corrected chi connectivity index (χ4v) is 2.39. The van der Waals surface area contributed by atoms with E-state index < -0.39 is 0 Å². The highest BCUT2D eigenvalue weighted by Gasteiger charge is 2.17. The zero-order valence-electron chi connectivity index (χ0n) is 11.8. The number of nitrogens with zero attached hydrogens (tertiary/aromatic N) is 2. The van der Waals surface area contributed by atoms with E-state index in [0.29, 0.717) is 12.2 Å². The summed E-state index contributed by atoms with van der Waals surface area (Å²) < 4.78 is 12.6. The lowest BCUT2D eigenvalue weighted by Crippen LogP contribution is -2.26. The number of ether oxygens (including phenoxy) is 2. The minimum Gasteiger partial charge on any atom is -0.459 e. The molecule has 0 saturated carbocycles. The van der Waals surface area contributed by atoms with E-state index in [2.05, 4.69) is 5.10 Å². The van der Waals surface area contributed by atoms with Gasteiger partial charge in [0.1, 0.15) is 6.61 Å². The quantitative estimate of drug-likeness (QED) is 0.811. The van der Waals surface area contributed by atoms with Crippen LogP contribution in [-0.4, -0.2) is 35.1 Å². The lowest BCUT2D eigenvalue weighted by Gasteiger charge is -2.22. The van der Waals surface area contributed by atoms with Crippen LogP contribution in [-0.2, 0) is 9.47 Å². The summed E-state index contributed by atoms with van der Waals surface area (Å²) >= 11 is 0. The van der Waals surface area contributed by atoms with Crippen molar-refractivity contribution in [3.05, 3.63) is 48.3 Å². The van der Waals surface area contributed by atoms with Gasteiger partial charge in [-0.3, -0.25) is 0 Å². The lowest BCUT2D eigenvalue weighted by atomic mass is 10.1. The predicted molar refractivity (Wildman–Crippen MR) is 77.4 cm³/mol. The molecule has 0 aliphatic carbocycles. The van der Waals surface area contributed by atoms with E-state index in [-0.39, 0.29) is 12.1 Å². The van der Waals surface area contributed by atoms with Crippen LogP contribution in [0.25, 0.3) is 5.69 Å². The van der Waals surface area contributed by atoms with Gasteiger partial charge in [0.25, 0.3) is 0 Å². The van der Waals surface area contributed by atoms with Crippen LogP contribution in [0.5, 0.6) is 0 Å². The van der Waals surface area contributed by atoms with Gasteiger partial charge in [-0.1, -0.05) is 6.07 Å². The van der Waals surface area contributed by atoms with Crippen molar-refractivity contribution in [2.45, 2.75) is 25.4 Å². The number of carbonyl (C=O) groups excluding carboxylic acids is 1. The molecule has 1 saturated heterocycles. The van der Waals surface area contributed by atoms with Crippen molar-refractivity contribution in [3.8, 4) is 5.69 Å². The topological polar surface area (TPSA) is 53.4 Å². The SMILES string of the molecule is O=C(OCC1CCCCO1)c1cccc(-n2cccn2)c1. The minimum absolute atomic E-state index is 0.0389. The highest BCUT2D eigenvalue weighted by molar-refractivity contribution is 5.90. The fourth-order valence-electron chi connectivity index (χ4n) is 2.39. The van der Waals surface area contributed by atoms with Gasteiger partial charge in [0.05, 0.1) is 17.4 Å². The Morgan fingerprint density at radius 1 is 1.38 bits per heavy atom. The molecular weight excluding hydrogens is 268 g/mol. The third kappa shape index (κ3) is 3.49. The van der Waals surface area contributed by atoms with E-state index in [4.69, 9.17) is 9.47 Å². The van der Waals surface area contributed by atoms with Gasteiger partial charge in [0, 0.05) is 19.0 Å². The summed E-state index contributed by atoms with van der Waals surface area (Å²) in [7, 11) is 0. The highest BCUT2D eigenvalue weighted by Crippen LogP contribution is 2.15. The average Bonchev–Trinajstić information content (AvgIpc) is 3.08. The molecule has 0 N–H and O–H groups in total. The highest BCUT2D eigenvalue weighted by atomic mass is 16.6. The maximum atomic E-state index is 12.1. The summed E-state index contributed by atoms with van der Waals surface area (Å²) in [6.07, 6.45) is 6.76. The molecule has 21 heavy (non-hydrogen) atoms. The molecule has 2 aromatic rings. The first-order chi connectivity index (χ1) is 10.3. The van der Waals surface area contributed by atoms with Gasteiger partial charge in [-0.05, 0) is 43.5 Å². The minimum atomic E-state index is -0.321. The van der Waals surface area contributed by atoms with Gasteiger partial charge < -0.3 is 9.47 Å². The number of hydrogen-bond donors (Lipinski definition) is 0. The van der Waals surface area contributed by atoms with Crippen LogP contribution in [0.2, 0.25) is 0 Å². The van der Waals surface area contributed by atoms with Crippen molar-refractivity contribution in [2.75, 3.05) is 13.2 Å². The van der Waals surface area contributed by atoms with E-state index in [9.17, 15) is 4.79 Å². The van der Waals surface area contributed by atoms with Crippen molar-refractivity contribution in [1.29, 1.82) is 0 Å². The number of carbonyl (C=O) groups is 1. The standard InChI is InChI=1S/C16H18N2O3/c19-16(21-12-15-7-1-2-10-20-15)13-5-3-6-14(11-13)18-9-4-8-17-18/h3-6,8-9,11,15H,1-2,7,10,12H2. The molecule has 110 valence electrons. The molecule has 1 aliphatic rings. The Morgan fingerprint density at radius 2 is 2.33 bits per heavy atom. The number of aromatic nitrogens is 2. The predicted octanol–water partition coefficient (Wildman–Crippen LogP) is 2.60. The summed E-state index contributed by atoms with van der Waals surface area (Å²) in [5, 5.41) is 4.15. The number of hydrogen-bond acceptors (Lipinski definition) is 4. The smallest absolute Gasteiger partial charge is 0.338 e. The van der Waals surface area contributed by atoms with Crippen molar-refractivity contribution >= 4 is 5.97 Å². The summed E-state index contributed by atoms with van der Waals surface area (Å²) in [5.74, 6) is -0.321. The number of esters is 1. The molecule has 0 spiro atoms. The van der Waals surface area contributed by atoms with Gasteiger partial charge in [-0.25, -0.2) is 9.48 Å². The molecule has 0 amide bonds. The molecule has 1 aromatic heterocycles. The zero-order chi connectivity index (χ0) is 14.5. The van der Waals surface area contributed by atoms with Crippen LogP contribution in [0.15, 0.2) is 42.7 Å². The van der Waals surface area contributed by atoms with Crippen LogP contribution in [0.1, 0.15) is 29.6 Å². The van der Waals surface area contributed by atoms with Crippen LogP contribution < -0.4 is 0 Å². The Labute approximate surface area is 123 Å². The second-order valence-corrected chi connectivity index (χ2v) is 5.09. The normalized spacial score (nSPS) is 18.4. The van der Waals surface area contributed by atoms with E-state index in [1.165, 1.54) is 0 Å². The van der Waals surface area contributed by atoms with Crippen LogP contribution in [0, 0.1) is 0 Å². The van der Waals surface area contributed by atoms with E-state index >= 15 is 0 Å². The molecule has 1 unspecified atom stereocenters. The molecule has 1 aromatic carbocycles. The molecule has 0 radical (unpaired) electrons. The number of benzene rings is 1. The van der Waals surface area contributed by atoms with Crippen molar-refractivity contribution in [2.24, 2.45) is 0 Å². The fraction of sp³-hybridized carbons (Fsp3) is 0.375. The lowest BCUT2D eigenvalue weighted by molar-refractivity contribution is -0.0300. The zero-order valence-corrected chi connectivity index (χ0v) is 11.8. The Morgan fingerprint density at radius 3 is 3.10 bits per heavy atom. The second-order valence-electron chi connectivity index (χ2n) is 5.09. The van der Waals surface area contributed by atoms with Crippen molar-refractivity contribution in [1.82, 2.24) is 9.78 Å². The van der Waals surface area contributed by atoms with Crippen molar-refractivity contribution in [3.63, 3.8) is 0 Å². The Balaban J connectivity index is 1.63. The summed E-state index contributed by atoms with van der Waals surface area (Å²) in [4.78, 5) is 12.1. The number of rotatable bonds is 4. The van der Waals surface area contributed by atoms with E-state index in [1.807, 2.05) is 24.4 Å². The summed E-state index contributed by atoms with van der Waals surface area (Å²) in [6.45, 7) is 1.09. The molecule has 1 fully saturated rings. The van der Waals surface area contributed by atoms with E-state index in [0.717, 1.165) is 31.6 Å². The third-order valence-corrected chi connectivity index (χ3v) is 3.53. The summed E-state index contributed by atoms with van der Waals surface area (Å²) in [5.41, 5.74) is 1.36. The molecule has 2 heterocycles. The maximum Gasteiger partial charge on any atom is 0.338 e. The van der Waals surface area contributed by atoms with Gasteiger partial charge in [0.2, 0.25) is 0 Å². The first kappa shape index (κ1) is 13.8. The monoisotopic (exact) mass is 286 g/mol. The molecule has 1 atom stereocenters. The Kier molecular flexibility index (Phi) is 4.31. The Hall–Kier alpha value is -2.14. The Bertz CT molecular complexity index is 589. The van der Waals surface area contributed by atoms with E-state index in [1.54, 1.807) is 23.0 Å². The van der Waals surface area contributed by atoms with Crippen LogP contribution >= 0.6 is 0 Å². The summed E-state index contributed by atoms with van der Waals surface area (Å²) in [6, 6.07) is 9.08. The molecule has 3 rings (SSSR count). The molecule has 5 heteroatoms. The first-order valence-electron chi connectivity index (χ1n) is 7.22. The average molecular weight is 286 g/mol. The van der Waals surface area contributed by atoms with Gasteiger partial charge in [-0.15, -0.1) is 0 Å². The van der Waals surface area contributed by atoms with Gasteiger partial charge in [0.15, 0.2) is 0 Å². The third-order valence-electron chi connectivity index (χ3n) is 3.53. The maximum absolute atomic E-state index is 12.1. The largest absolute Gasteiger partial charge is 0.459 e.